The summed E-state index contributed by atoms with van der Waals surface area (Å²) < 4.78 is 10.6. The maximum absolute atomic E-state index is 11.7. The third-order valence-corrected chi connectivity index (χ3v) is 3.48. The van der Waals surface area contributed by atoms with E-state index in [1.54, 1.807) is 31.4 Å². The van der Waals surface area contributed by atoms with Gasteiger partial charge >= 0.3 is 6.03 Å². The fourth-order valence-corrected chi connectivity index (χ4v) is 2.16. The van der Waals surface area contributed by atoms with Crippen molar-refractivity contribution in [1.29, 1.82) is 0 Å². The molecular formula is C19H24N2O3. The van der Waals surface area contributed by atoms with Crippen molar-refractivity contribution in [3.05, 3.63) is 60.2 Å². The number of carbonyl (C=O) groups excluding carboxylic acids is 1. The van der Waals surface area contributed by atoms with E-state index in [1.807, 2.05) is 18.2 Å². The molecule has 2 aromatic rings. The van der Waals surface area contributed by atoms with Crippen molar-refractivity contribution in [1.82, 2.24) is 5.32 Å². The molecule has 0 spiro atoms. The number of urea groups is 1. The summed E-state index contributed by atoms with van der Waals surface area (Å²) in [5, 5.41) is 5.58. The molecule has 0 atom stereocenters. The third-order valence-electron chi connectivity index (χ3n) is 3.48. The van der Waals surface area contributed by atoms with Gasteiger partial charge < -0.3 is 20.1 Å². The second-order valence-corrected chi connectivity index (χ2v) is 5.31. The number of hydrogen-bond acceptors (Lipinski definition) is 3. The zero-order valence-electron chi connectivity index (χ0n) is 14.0. The number of carbonyl (C=O) groups is 1. The fourth-order valence-electron chi connectivity index (χ4n) is 2.16. The van der Waals surface area contributed by atoms with Crippen molar-refractivity contribution in [2.24, 2.45) is 0 Å². The standard InChI is InChI=1S/C19H24N2O3/c1-23-18-10-8-17(9-11-18)21-19(22)20-13-5-14-24-15-12-16-6-3-2-4-7-16/h2-4,6-11H,5,12-15H2,1H3,(H2,20,21,22). The van der Waals surface area contributed by atoms with Gasteiger partial charge in [-0.1, -0.05) is 30.3 Å². The predicted molar refractivity (Wildman–Crippen MR) is 95.6 cm³/mol. The topological polar surface area (TPSA) is 59.6 Å². The van der Waals surface area contributed by atoms with Crippen molar-refractivity contribution >= 4 is 11.7 Å². The van der Waals surface area contributed by atoms with Gasteiger partial charge in [-0.05, 0) is 42.7 Å². The first-order valence-corrected chi connectivity index (χ1v) is 8.08. The largest absolute Gasteiger partial charge is 0.497 e. The first kappa shape index (κ1) is 17.8. The average Bonchev–Trinajstić information content (AvgIpc) is 2.62. The molecule has 0 radical (unpaired) electrons. The molecule has 24 heavy (non-hydrogen) atoms. The first-order valence-electron chi connectivity index (χ1n) is 8.08. The average molecular weight is 328 g/mol. The van der Waals surface area contributed by atoms with Gasteiger partial charge in [-0.25, -0.2) is 4.79 Å². The zero-order valence-corrected chi connectivity index (χ0v) is 14.0. The highest BCUT2D eigenvalue weighted by Crippen LogP contribution is 2.14. The second-order valence-electron chi connectivity index (χ2n) is 5.31. The Balaban J connectivity index is 1.51. The lowest BCUT2D eigenvalue weighted by Gasteiger charge is -2.08. The Morgan fingerprint density at radius 1 is 1.00 bits per heavy atom. The van der Waals surface area contributed by atoms with Crippen LogP contribution in [0.3, 0.4) is 0 Å². The highest BCUT2D eigenvalue weighted by Gasteiger charge is 2.01. The van der Waals surface area contributed by atoms with E-state index in [4.69, 9.17) is 9.47 Å². The molecule has 0 unspecified atom stereocenters. The summed E-state index contributed by atoms with van der Waals surface area (Å²) in [5.41, 5.74) is 2.00. The Hall–Kier alpha value is -2.53. The van der Waals surface area contributed by atoms with Crippen LogP contribution in [0.5, 0.6) is 5.75 Å². The van der Waals surface area contributed by atoms with Crippen LogP contribution >= 0.6 is 0 Å². The van der Waals surface area contributed by atoms with Gasteiger partial charge in [0.25, 0.3) is 0 Å². The highest BCUT2D eigenvalue weighted by atomic mass is 16.5. The number of rotatable bonds is 9. The Morgan fingerprint density at radius 2 is 1.75 bits per heavy atom. The number of ether oxygens (including phenoxy) is 2. The molecule has 0 saturated carbocycles. The molecule has 2 amide bonds. The Kier molecular flexibility index (Phi) is 7.63. The summed E-state index contributed by atoms with van der Waals surface area (Å²) in [5.74, 6) is 0.758. The van der Waals surface area contributed by atoms with Gasteiger partial charge in [0.15, 0.2) is 0 Å². The van der Waals surface area contributed by atoms with Gasteiger partial charge in [0.1, 0.15) is 5.75 Å². The van der Waals surface area contributed by atoms with Crippen LogP contribution in [0.15, 0.2) is 54.6 Å². The van der Waals surface area contributed by atoms with E-state index in [0.717, 1.165) is 24.3 Å². The summed E-state index contributed by atoms with van der Waals surface area (Å²) in [6, 6.07) is 17.2. The molecule has 2 rings (SSSR count). The molecule has 0 aromatic heterocycles. The van der Waals surface area contributed by atoms with Crippen LogP contribution in [0.1, 0.15) is 12.0 Å². The zero-order chi connectivity index (χ0) is 17.0. The van der Waals surface area contributed by atoms with E-state index in [9.17, 15) is 4.79 Å². The molecule has 0 heterocycles. The lowest BCUT2D eigenvalue weighted by molar-refractivity contribution is 0.135. The van der Waals surface area contributed by atoms with Gasteiger partial charge in [0.05, 0.1) is 13.7 Å². The fraction of sp³-hybridized carbons (Fsp3) is 0.316. The van der Waals surface area contributed by atoms with Crippen LogP contribution in [0.25, 0.3) is 0 Å². The molecule has 128 valence electrons. The van der Waals surface area contributed by atoms with Crippen LogP contribution in [0, 0.1) is 0 Å². The third kappa shape index (κ3) is 6.71. The molecule has 2 aromatic carbocycles. The highest BCUT2D eigenvalue weighted by molar-refractivity contribution is 5.89. The molecule has 5 nitrogen and oxygen atoms in total. The number of hydrogen-bond donors (Lipinski definition) is 2. The van der Waals surface area contributed by atoms with E-state index in [1.165, 1.54) is 5.56 Å². The number of amides is 2. The molecule has 0 fully saturated rings. The minimum absolute atomic E-state index is 0.218. The molecule has 0 aliphatic heterocycles. The van der Waals surface area contributed by atoms with Crippen molar-refractivity contribution in [3.63, 3.8) is 0 Å². The van der Waals surface area contributed by atoms with Crippen LogP contribution in [-0.4, -0.2) is 32.9 Å². The summed E-state index contributed by atoms with van der Waals surface area (Å²) in [4.78, 5) is 11.7. The van der Waals surface area contributed by atoms with Crippen LogP contribution < -0.4 is 15.4 Å². The van der Waals surface area contributed by atoms with Gasteiger partial charge in [-0.15, -0.1) is 0 Å². The summed E-state index contributed by atoms with van der Waals surface area (Å²) in [6.45, 7) is 1.91. The van der Waals surface area contributed by atoms with Crippen LogP contribution in [-0.2, 0) is 11.2 Å². The first-order chi connectivity index (χ1) is 11.8. The van der Waals surface area contributed by atoms with Crippen molar-refractivity contribution in [3.8, 4) is 5.75 Å². The lowest BCUT2D eigenvalue weighted by atomic mass is 10.2. The number of methoxy groups -OCH3 is 1. The number of benzene rings is 2. The van der Waals surface area contributed by atoms with Crippen molar-refractivity contribution in [2.75, 3.05) is 32.2 Å². The molecule has 5 heteroatoms. The summed E-state index contributed by atoms with van der Waals surface area (Å²) in [7, 11) is 1.61. The maximum atomic E-state index is 11.7. The number of anilines is 1. The Labute approximate surface area is 143 Å². The van der Waals surface area contributed by atoms with Gasteiger partial charge in [0, 0.05) is 18.8 Å². The van der Waals surface area contributed by atoms with E-state index < -0.39 is 0 Å². The van der Waals surface area contributed by atoms with E-state index in [0.29, 0.717) is 19.8 Å². The van der Waals surface area contributed by atoms with Crippen LogP contribution in [0.4, 0.5) is 10.5 Å². The van der Waals surface area contributed by atoms with Gasteiger partial charge in [-0.2, -0.15) is 0 Å². The van der Waals surface area contributed by atoms with Crippen molar-refractivity contribution in [2.45, 2.75) is 12.8 Å². The molecule has 0 bridgehead atoms. The Morgan fingerprint density at radius 3 is 2.46 bits per heavy atom. The SMILES string of the molecule is COc1ccc(NC(=O)NCCCOCCc2ccccc2)cc1. The molecular weight excluding hydrogens is 304 g/mol. The normalized spacial score (nSPS) is 10.2. The second kappa shape index (κ2) is 10.3. The molecule has 0 aliphatic carbocycles. The minimum atomic E-state index is -0.218. The summed E-state index contributed by atoms with van der Waals surface area (Å²) >= 11 is 0. The van der Waals surface area contributed by atoms with Crippen molar-refractivity contribution < 1.29 is 14.3 Å². The predicted octanol–water partition coefficient (Wildman–Crippen LogP) is 3.47. The summed E-state index contributed by atoms with van der Waals surface area (Å²) in [6.07, 6.45) is 1.69. The smallest absolute Gasteiger partial charge is 0.319 e. The molecule has 0 aliphatic rings. The van der Waals surface area contributed by atoms with Gasteiger partial charge in [0.2, 0.25) is 0 Å². The van der Waals surface area contributed by atoms with E-state index in [-0.39, 0.29) is 6.03 Å². The van der Waals surface area contributed by atoms with Gasteiger partial charge in [-0.3, -0.25) is 0 Å². The lowest BCUT2D eigenvalue weighted by Crippen LogP contribution is -2.30. The monoisotopic (exact) mass is 328 g/mol. The molecule has 2 N–H and O–H groups in total. The quantitative estimate of drug-likeness (QED) is 0.693. The van der Waals surface area contributed by atoms with Crippen LogP contribution in [0.2, 0.25) is 0 Å². The van der Waals surface area contributed by atoms with E-state index in [2.05, 4.69) is 22.8 Å². The minimum Gasteiger partial charge on any atom is -0.497 e. The molecule has 0 saturated heterocycles. The maximum Gasteiger partial charge on any atom is 0.319 e. The van der Waals surface area contributed by atoms with E-state index >= 15 is 0 Å². The Bertz CT molecular complexity index is 600. The number of nitrogens with one attached hydrogen (secondary N) is 2.